The Morgan fingerprint density at radius 3 is 2.42 bits per heavy atom. The largest absolute Gasteiger partial charge is 0.312 e. The van der Waals surface area contributed by atoms with Crippen molar-refractivity contribution in [1.29, 1.82) is 0 Å². The van der Waals surface area contributed by atoms with Crippen LogP contribution in [0.4, 0.5) is 0 Å². The van der Waals surface area contributed by atoms with E-state index in [1.807, 2.05) is 0 Å². The number of nitrogens with zero attached hydrogens (tertiary/aromatic N) is 2. The summed E-state index contributed by atoms with van der Waals surface area (Å²) in [6.45, 7) is 10.6. The average molecular weight is 267 g/mol. The second-order valence-corrected chi connectivity index (χ2v) is 7.83. The monoisotopic (exact) mass is 267 g/mol. The van der Waals surface area contributed by atoms with Gasteiger partial charge in [-0.25, -0.2) is 0 Å². The number of likely N-dealkylation sites (tertiary alicyclic amines) is 1. The predicted octanol–water partition coefficient (Wildman–Crippen LogP) is 2.18. The van der Waals surface area contributed by atoms with Crippen LogP contribution < -0.4 is 5.32 Å². The molecule has 1 N–H and O–H groups in total. The second-order valence-electron chi connectivity index (χ2n) is 7.83. The quantitative estimate of drug-likeness (QED) is 0.824. The third kappa shape index (κ3) is 4.17. The minimum atomic E-state index is 0.258. The molecule has 3 nitrogen and oxygen atoms in total. The topological polar surface area (TPSA) is 18.5 Å². The van der Waals surface area contributed by atoms with Gasteiger partial charge >= 0.3 is 0 Å². The first-order valence-electron chi connectivity index (χ1n) is 8.02. The first-order chi connectivity index (χ1) is 8.87. The van der Waals surface area contributed by atoms with E-state index in [1.54, 1.807) is 0 Å². The minimum absolute atomic E-state index is 0.258. The third-order valence-electron chi connectivity index (χ3n) is 4.70. The van der Waals surface area contributed by atoms with Crippen molar-refractivity contribution in [2.24, 2.45) is 5.92 Å². The van der Waals surface area contributed by atoms with E-state index in [1.165, 1.54) is 45.3 Å². The molecule has 3 unspecified atom stereocenters. The summed E-state index contributed by atoms with van der Waals surface area (Å²) in [6.07, 6.45) is 5.63. The van der Waals surface area contributed by atoms with E-state index in [0.717, 1.165) is 18.0 Å². The van der Waals surface area contributed by atoms with Gasteiger partial charge in [0.15, 0.2) is 0 Å². The van der Waals surface area contributed by atoms with E-state index in [0.29, 0.717) is 0 Å². The molecule has 0 amide bonds. The summed E-state index contributed by atoms with van der Waals surface area (Å²) in [5.41, 5.74) is 0.258. The highest BCUT2D eigenvalue weighted by Crippen LogP contribution is 2.36. The fraction of sp³-hybridized carbons (Fsp3) is 1.00. The Labute approximate surface area is 119 Å². The summed E-state index contributed by atoms with van der Waals surface area (Å²) in [6, 6.07) is 1.65. The number of hydrogen-bond donors (Lipinski definition) is 1. The van der Waals surface area contributed by atoms with Gasteiger partial charge in [-0.3, -0.25) is 4.90 Å². The van der Waals surface area contributed by atoms with Crippen molar-refractivity contribution in [2.45, 2.75) is 64.1 Å². The Kier molecular flexibility index (Phi) is 4.91. The van der Waals surface area contributed by atoms with Gasteiger partial charge in [-0.1, -0.05) is 0 Å². The first-order valence-corrected chi connectivity index (χ1v) is 8.02. The molecule has 0 spiro atoms. The Morgan fingerprint density at radius 1 is 1.16 bits per heavy atom. The minimum Gasteiger partial charge on any atom is -0.312 e. The molecule has 2 aliphatic rings. The summed E-state index contributed by atoms with van der Waals surface area (Å²) in [7, 11) is 4.41. The summed E-state index contributed by atoms with van der Waals surface area (Å²) in [4.78, 5) is 5.17. The molecule has 0 aromatic heterocycles. The molecule has 3 heteroatoms. The highest BCUT2D eigenvalue weighted by Gasteiger charge is 2.40. The fourth-order valence-corrected chi connectivity index (χ4v) is 3.58. The molecule has 1 saturated heterocycles. The number of likely N-dealkylation sites (N-methyl/N-ethyl adjacent to an activating group) is 1. The van der Waals surface area contributed by atoms with Crippen LogP contribution in [0.25, 0.3) is 0 Å². The van der Waals surface area contributed by atoms with Crippen molar-refractivity contribution in [3.05, 3.63) is 0 Å². The smallest absolute Gasteiger partial charge is 0.0226 e. The Balaban J connectivity index is 1.83. The van der Waals surface area contributed by atoms with Crippen molar-refractivity contribution in [2.75, 3.05) is 33.7 Å². The lowest BCUT2D eigenvalue weighted by atomic mass is 9.77. The zero-order valence-electron chi connectivity index (χ0n) is 13.6. The molecule has 2 rings (SSSR count). The van der Waals surface area contributed by atoms with E-state index in [-0.39, 0.29) is 5.54 Å². The molecule has 0 aromatic carbocycles. The average Bonchev–Trinajstić information content (AvgIpc) is 2.62. The van der Waals surface area contributed by atoms with Gasteiger partial charge in [-0.2, -0.15) is 0 Å². The number of hydrogen-bond acceptors (Lipinski definition) is 3. The van der Waals surface area contributed by atoms with Gasteiger partial charge in [0.05, 0.1) is 0 Å². The van der Waals surface area contributed by atoms with Gasteiger partial charge in [-0.05, 0) is 79.6 Å². The van der Waals surface area contributed by atoms with Crippen LogP contribution in [0.2, 0.25) is 0 Å². The normalized spacial score (nSPS) is 32.8. The van der Waals surface area contributed by atoms with Gasteiger partial charge in [0.1, 0.15) is 0 Å². The maximum Gasteiger partial charge on any atom is 0.0226 e. The van der Waals surface area contributed by atoms with Gasteiger partial charge in [0.2, 0.25) is 0 Å². The molecule has 2 fully saturated rings. The SMILES string of the molecule is CN(C)CC1CCCN1C1CCC1CNC(C)(C)C. The molecule has 3 atom stereocenters. The molecule has 1 heterocycles. The molecule has 112 valence electrons. The highest BCUT2D eigenvalue weighted by atomic mass is 15.3. The summed E-state index contributed by atoms with van der Waals surface area (Å²) in [5.74, 6) is 0.877. The zero-order chi connectivity index (χ0) is 14.0. The summed E-state index contributed by atoms with van der Waals surface area (Å²) < 4.78 is 0. The fourth-order valence-electron chi connectivity index (χ4n) is 3.58. The molecule has 19 heavy (non-hydrogen) atoms. The summed E-state index contributed by atoms with van der Waals surface area (Å²) >= 11 is 0. The van der Waals surface area contributed by atoms with E-state index in [2.05, 4.69) is 50.0 Å². The third-order valence-corrected chi connectivity index (χ3v) is 4.70. The Bertz CT molecular complexity index is 282. The lowest BCUT2D eigenvalue weighted by Crippen LogP contribution is -2.55. The number of nitrogens with one attached hydrogen (secondary N) is 1. The van der Waals surface area contributed by atoms with Crippen LogP contribution in [0, 0.1) is 5.92 Å². The van der Waals surface area contributed by atoms with E-state index in [9.17, 15) is 0 Å². The van der Waals surface area contributed by atoms with E-state index in [4.69, 9.17) is 0 Å². The van der Waals surface area contributed by atoms with Crippen LogP contribution in [0.1, 0.15) is 46.5 Å². The van der Waals surface area contributed by atoms with Crippen LogP contribution in [-0.4, -0.2) is 61.2 Å². The predicted molar refractivity (Wildman–Crippen MR) is 82.5 cm³/mol. The molecule has 1 aliphatic heterocycles. The summed E-state index contributed by atoms with van der Waals surface area (Å²) in [5, 5.41) is 3.70. The van der Waals surface area contributed by atoms with Crippen LogP contribution in [0.3, 0.4) is 0 Å². The second kappa shape index (κ2) is 6.11. The van der Waals surface area contributed by atoms with Crippen LogP contribution in [-0.2, 0) is 0 Å². The van der Waals surface area contributed by atoms with Gasteiger partial charge < -0.3 is 10.2 Å². The van der Waals surface area contributed by atoms with Gasteiger partial charge in [0, 0.05) is 24.2 Å². The molecule has 1 aliphatic carbocycles. The molecular formula is C16H33N3. The number of rotatable bonds is 5. The molecule has 0 radical (unpaired) electrons. The van der Waals surface area contributed by atoms with Gasteiger partial charge in [0.25, 0.3) is 0 Å². The Hall–Kier alpha value is -0.120. The van der Waals surface area contributed by atoms with Crippen molar-refractivity contribution < 1.29 is 0 Å². The molecule has 0 aromatic rings. The Morgan fingerprint density at radius 2 is 1.89 bits per heavy atom. The molecular weight excluding hydrogens is 234 g/mol. The lowest BCUT2D eigenvalue weighted by Gasteiger charge is -2.46. The van der Waals surface area contributed by atoms with E-state index < -0.39 is 0 Å². The highest BCUT2D eigenvalue weighted by molar-refractivity contribution is 4.96. The van der Waals surface area contributed by atoms with Crippen LogP contribution in [0.5, 0.6) is 0 Å². The molecule has 0 bridgehead atoms. The van der Waals surface area contributed by atoms with Crippen molar-refractivity contribution in [3.8, 4) is 0 Å². The van der Waals surface area contributed by atoms with Crippen molar-refractivity contribution >= 4 is 0 Å². The maximum atomic E-state index is 3.70. The first kappa shape index (κ1) is 15.3. The van der Waals surface area contributed by atoms with Crippen molar-refractivity contribution in [1.82, 2.24) is 15.1 Å². The van der Waals surface area contributed by atoms with E-state index >= 15 is 0 Å². The maximum absolute atomic E-state index is 3.70. The van der Waals surface area contributed by atoms with Crippen LogP contribution >= 0.6 is 0 Å². The van der Waals surface area contributed by atoms with Crippen LogP contribution in [0.15, 0.2) is 0 Å². The van der Waals surface area contributed by atoms with Crippen molar-refractivity contribution in [3.63, 3.8) is 0 Å². The zero-order valence-corrected chi connectivity index (χ0v) is 13.6. The standard InChI is InChI=1S/C16H33N3/c1-16(2,3)17-11-13-8-9-15(13)19-10-6-7-14(19)12-18(4)5/h13-15,17H,6-12H2,1-5H3. The molecule has 1 saturated carbocycles. The van der Waals surface area contributed by atoms with Gasteiger partial charge in [-0.15, -0.1) is 0 Å². The lowest BCUT2D eigenvalue weighted by molar-refractivity contribution is 0.0408.